The molecule has 0 aliphatic heterocycles. The quantitative estimate of drug-likeness (QED) is 0.209. The fourth-order valence-electron chi connectivity index (χ4n) is 2.25. The SMILES string of the molecule is Nc1[nH]c(/N=N/C(=[NH2+])SCC(=O)c2ccc(Br)cc2)c2ccccc12.[Br-]. The lowest BCUT2D eigenvalue weighted by Crippen LogP contribution is -3.00. The van der Waals surface area contributed by atoms with Gasteiger partial charge in [-0.3, -0.25) is 10.2 Å². The molecule has 0 saturated heterocycles. The second-order valence-corrected chi connectivity index (χ2v) is 7.10. The zero-order chi connectivity index (χ0) is 17.8. The van der Waals surface area contributed by atoms with Gasteiger partial charge in [0.05, 0.1) is 10.9 Å². The van der Waals surface area contributed by atoms with E-state index in [9.17, 15) is 4.79 Å². The van der Waals surface area contributed by atoms with Gasteiger partial charge in [0.1, 0.15) is 5.82 Å². The molecule has 0 amide bonds. The van der Waals surface area contributed by atoms with E-state index in [-0.39, 0.29) is 33.7 Å². The molecular formula is C17H15Br2N5OS. The van der Waals surface area contributed by atoms with Gasteiger partial charge in [-0.15, -0.1) is 0 Å². The Morgan fingerprint density at radius 1 is 1.15 bits per heavy atom. The summed E-state index contributed by atoms with van der Waals surface area (Å²) in [6.45, 7) is 0. The summed E-state index contributed by atoms with van der Waals surface area (Å²) in [7, 11) is 0. The second-order valence-electron chi connectivity index (χ2n) is 5.19. The lowest BCUT2D eigenvalue weighted by molar-refractivity contribution is -0.110. The molecule has 2 aromatic carbocycles. The number of rotatable bonds is 4. The highest BCUT2D eigenvalue weighted by molar-refractivity contribution is 9.10. The van der Waals surface area contributed by atoms with Crippen LogP contribution >= 0.6 is 27.7 Å². The maximum Gasteiger partial charge on any atom is 0.377 e. The van der Waals surface area contributed by atoms with Crippen LogP contribution in [0, 0.1) is 0 Å². The van der Waals surface area contributed by atoms with E-state index in [1.165, 1.54) is 0 Å². The van der Waals surface area contributed by atoms with E-state index < -0.39 is 0 Å². The number of H-pyrrole nitrogens is 1. The average molecular weight is 497 g/mol. The Bertz CT molecular complexity index is 969. The van der Waals surface area contributed by atoms with Crippen LogP contribution in [0.1, 0.15) is 10.4 Å². The van der Waals surface area contributed by atoms with Crippen molar-refractivity contribution in [1.29, 1.82) is 0 Å². The van der Waals surface area contributed by atoms with E-state index >= 15 is 0 Å². The number of amidine groups is 1. The molecule has 0 bridgehead atoms. The molecule has 0 fully saturated rings. The number of benzene rings is 2. The molecule has 5 N–H and O–H groups in total. The van der Waals surface area contributed by atoms with Crippen LogP contribution in [0.2, 0.25) is 0 Å². The Hall–Kier alpha value is -1.97. The number of nitrogens with one attached hydrogen (secondary N) is 1. The Labute approximate surface area is 173 Å². The number of Topliss-reactive ketones (excluding diaryl/α,β-unsaturated/α-hetero) is 1. The molecule has 6 nitrogen and oxygen atoms in total. The van der Waals surface area contributed by atoms with Crippen molar-refractivity contribution in [3.8, 4) is 0 Å². The minimum atomic E-state index is -0.0229. The lowest BCUT2D eigenvalue weighted by Gasteiger charge is -1.98. The Morgan fingerprint density at radius 2 is 1.81 bits per heavy atom. The molecule has 0 radical (unpaired) electrons. The summed E-state index contributed by atoms with van der Waals surface area (Å²) in [4.78, 5) is 15.1. The van der Waals surface area contributed by atoms with E-state index in [0.717, 1.165) is 27.0 Å². The van der Waals surface area contributed by atoms with Gasteiger partial charge >= 0.3 is 5.17 Å². The molecule has 1 heterocycles. The molecule has 0 spiro atoms. The lowest BCUT2D eigenvalue weighted by atomic mass is 10.2. The van der Waals surface area contributed by atoms with Gasteiger partial charge in [-0.2, -0.15) is 0 Å². The molecule has 3 rings (SSSR count). The Morgan fingerprint density at radius 3 is 2.50 bits per heavy atom. The van der Waals surface area contributed by atoms with E-state index in [2.05, 4.69) is 31.1 Å². The average Bonchev–Trinajstić information content (AvgIpc) is 2.95. The predicted molar refractivity (Wildman–Crippen MR) is 105 cm³/mol. The highest BCUT2D eigenvalue weighted by atomic mass is 79.9. The van der Waals surface area contributed by atoms with Gasteiger partial charge in [-0.25, -0.2) is 0 Å². The van der Waals surface area contributed by atoms with Crippen molar-refractivity contribution in [2.24, 2.45) is 10.2 Å². The maximum atomic E-state index is 12.1. The number of halogens is 2. The summed E-state index contributed by atoms with van der Waals surface area (Å²) in [5.74, 6) is 1.24. The highest BCUT2D eigenvalue weighted by Crippen LogP contribution is 2.30. The summed E-state index contributed by atoms with van der Waals surface area (Å²) >= 11 is 4.48. The first-order valence-electron chi connectivity index (χ1n) is 7.36. The van der Waals surface area contributed by atoms with Crippen molar-refractivity contribution >= 4 is 61.1 Å². The summed E-state index contributed by atoms with van der Waals surface area (Å²) in [5.41, 5.74) is 6.54. The number of carbonyl (C=O) groups is 1. The van der Waals surface area contributed by atoms with E-state index in [4.69, 9.17) is 11.1 Å². The number of azo groups is 1. The maximum absolute atomic E-state index is 12.1. The third-order valence-electron chi connectivity index (χ3n) is 3.49. The van der Waals surface area contributed by atoms with E-state index in [0.29, 0.717) is 17.2 Å². The number of anilines is 1. The fraction of sp³-hybridized carbons (Fsp3) is 0.0588. The summed E-state index contributed by atoms with van der Waals surface area (Å²) < 4.78 is 0.925. The normalized spacial score (nSPS) is 10.8. The van der Waals surface area contributed by atoms with Gasteiger partial charge in [-0.05, 0) is 29.0 Å². The van der Waals surface area contributed by atoms with E-state index in [1.54, 1.807) is 12.1 Å². The summed E-state index contributed by atoms with van der Waals surface area (Å²) in [6.07, 6.45) is 0. The van der Waals surface area contributed by atoms with Gasteiger partial charge in [0.15, 0.2) is 11.6 Å². The molecule has 3 aromatic rings. The van der Waals surface area contributed by atoms with Crippen LogP contribution in [0.25, 0.3) is 10.8 Å². The molecule has 1 aromatic heterocycles. The first-order chi connectivity index (χ1) is 12.0. The minimum Gasteiger partial charge on any atom is -1.00 e. The molecule has 9 heteroatoms. The molecule has 0 aliphatic rings. The van der Waals surface area contributed by atoms with Gasteiger partial charge in [-0.1, -0.05) is 52.3 Å². The molecule has 0 aliphatic carbocycles. The number of nitrogen functional groups attached to an aromatic ring is 1. The zero-order valence-corrected chi connectivity index (χ0v) is 17.4. The van der Waals surface area contributed by atoms with Gasteiger partial charge < -0.3 is 27.7 Å². The molecule has 26 heavy (non-hydrogen) atoms. The fourth-order valence-corrected chi connectivity index (χ4v) is 3.06. The highest BCUT2D eigenvalue weighted by Gasteiger charge is 2.13. The molecule has 0 saturated carbocycles. The largest absolute Gasteiger partial charge is 1.00 e. The van der Waals surface area contributed by atoms with Crippen LogP contribution in [0.5, 0.6) is 0 Å². The number of aromatic amines is 1. The number of nitrogens with zero attached hydrogens (tertiary/aromatic N) is 2. The third-order valence-corrected chi connectivity index (χ3v) is 4.80. The van der Waals surface area contributed by atoms with Crippen molar-refractivity contribution in [2.45, 2.75) is 0 Å². The number of nitrogens with two attached hydrogens (primary N) is 2. The van der Waals surface area contributed by atoms with Crippen molar-refractivity contribution in [2.75, 3.05) is 11.5 Å². The number of hydrogen-bond acceptors (Lipinski definition) is 4. The number of hydrogen-bond donors (Lipinski definition) is 3. The van der Waals surface area contributed by atoms with Crippen LogP contribution < -0.4 is 28.1 Å². The number of thioether (sulfide) groups is 1. The van der Waals surface area contributed by atoms with Gasteiger partial charge in [0, 0.05) is 20.8 Å². The number of aromatic nitrogens is 1. The topological polar surface area (TPSA) is 109 Å². The number of carbonyl (C=O) groups excluding carboxylic acids is 1. The summed E-state index contributed by atoms with van der Waals surface area (Å²) in [6, 6.07) is 14.8. The van der Waals surface area contributed by atoms with Crippen molar-refractivity contribution in [1.82, 2.24) is 4.98 Å². The smallest absolute Gasteiger partial charge is 0.377 e. The molecule has 0 unspecified atom stereocenters. The number of ketones is 1. The first kappa shape index (κ1) is 20.3. The number of fused-ring (bicyclic) bond motifs is 1. The predicted octanol–water partition coefficient (Wildman–Crippen LogP) is 0.331. The molecule has 134 valence electrons. The molecule has 0 atom stereocenters. The van der Waals surface area contributed by atoms with Gasteiger partial charge in [0.2, 0.25) is 0 Å². The van der Waals surface area contributed by atoms with Crippen LogP contribution in [-0.2, 0) is 0 Å². The second kappa shape index (κ2) is 9.11. The molecular weight excluding hydrogens is 482 g/mol. The van der Waals surface area contributed by atoms with Crippen LogP contribution in [0.4, 0.5) is 11.6 Å². The third kappa shape index (κ3) is 4.80. The van der Waals surface area contributed by atoms with Crippen molar-refractivity contribution in [3.05, 3.63) is 58.6 Å². The van der Waals surface area contributed by atoms with E-state index in [1.807, 2.05) is 36.4 Å². The zero-order valence-electron chi connectivity index (χ0n) is 13.4. The monoisotopic (exact) mass is 495 g/mol. The van der Waals surface area contributed by atoms with Crippen LogP contribution in [0.3, 0.4) is 0 Å². The first-order valence-corrected chi connectivity index (χ1v) is 9.14. The van der Waals surface area contributed by atoms with Crippen molar-refractivity contribution < 1.29 is 27.2 Å². The Kier molecular flexibility index (Phi) is 7.13. The minimum absolute atomic E-state index is 0. The Balaban J connectivity index is 0.00000243. The van der Waals surface area contributed by atoms with Crippen LogP contribution in [0.15, 0.2) is 63.2 Å². The summed E-state index contributed by atoms with van der Waals surface area (Å²) in [5, 5.41) is 15.9. The van der Waals surface area contributed by atoms with Gasteiger partial charge in [0.25, 0.3) is 0 Å². The standard InChI is InChI=1S/C17H14BrN5OS.BrH/c18-11-7-5-10(6-8-11)14(24)9-25-17(20)23-22-16-13-4-2-1-3-12(13)15(19)21-16;/h1-8,20-21H,9,19H2;1H/b20-17?,23-22+;. The van der Waals surface area contributed by atoms with Crippen molar-refractivity contribution in [3.63, 3.8) is 0 Å². The van der Waals surface area contributed by atoms with Crippen LogP contribution in [-0.4, -0.2) is 21.7 Å².